The molecule has 0 saturated carbocycles. The Labute approximate surface area is 102 Å². The number of hydrogen-bond acceptors (Lipinski definition) is 1. The Bertz CT molecular complexity index is 489. The molecule has 0 atom stereocenters. The molecule has 0 saturated heterocycles. The molecule has 0 fully saturated rings. The standard InChI is InChI=1S/C15H16FN/c1-17(2)15-8-6-12(7-9-15)10-13-4-3-5-14(16)11-13/h3-9,11H,10H2,1-2H3. The minimum absolute atomic E-state index is 0.174. The second-order valence-corrected chi connectivity index (χ2v) is 4.37. The quantitative estimate of drug-likeness (QED) is 0.778. The molecule has 17 heavy (non-hydrogen) atoms. The zero-order valence-corrected chi connectivity index (χ0v) is 10.2. The van der Waals surface area contributed by atoms with Crippen molar-refractivity contribution in [3.63, 3.8) is 0 Å². The largest absolute Gasteiger partial charge is 0.378 e. The number of benzene rings is 2. The van der Waals surface area contributed by atoms with Crippen LogP contribution in [0, 0.1) is 5.82 Å². The van der Waals surface area contributed by atoms with Gasteiger partial charge in [0, 0.05) is 19.8 Å². The molecule has 0 unspecified atom stereocenters. The van der Waals surface area contributed by atoms with E-state index in [-0.39, 0.29) is 5.82 Å². The molecule has 0 bridgehead atoms. The molecule has 2 rings (SSSR count). The van der Waals surface area contributed by atoms with Crippen molar-refractivity contribution >= 4 is 5.69 Å². The summed E-state index contributed by atoms with van der Waals surface area (Å²) in [6.45, 7) is 0. The van der Waals surface area contributed by atoms with E-state index in [0.717, 1.165) is 12.0 Å². The Morgan fingerprint density at radius 2 is 1.65 bits per heavy atom. The highest BCUT2D eigenvalue weighted by Gasteiger charge is 1.99. The van der Waals surface area contributed by atoms with Gasteiger partial charge >= 0.3 is 0 Å². The SMILES string of the molecule is CN(C)c1ccc(Cc2cccc(F)c2)cc1. The molecule has 0 aliphatic carbocycles. The lowest BCUT2D eigenvalue weighted by Gasteiger charge is -2.12. The van der Waals surface area contributed by atoms with Gasteiger partial charge in [0.2, 0.25) is 0 Å². The Balaban J connectivity index is 2.14. The van der Waals surface area contributed by atoms with Gasteiger partial charge in [-0.25, -0.2) is 4.39 Å². The number of halogens is 1. The number of nitrogens with zero attached hydrogens (tertiary/aromatic N) is 1. The first-order chi connectivity index (χ1) is 8.15. The van der Waals surface area contributed by atoms with Crippen LogP contribution in [0.4, 0.5) is 10.1 Å². The van der Waals surface area contributed by atoms with Gasteiger partial charge in [-0.2, -0.15) is 0 Å². The van der Waals surface area contributed by atoms with Crippen molar-refractivity contribution in [3.8, 4) is 0 Å². The predicted molar refractivity (Wildman–Crippen MR) is 70.0 cm³/mol. The maximum Gasteiger partial charge on any atom is 0.123 e. The monoisotopic (exact) mass is 229 g/mol. The third-order valence-corrected chi connectivity index (χ3v) is 2.75. The summed E-state index contributed by atoms with van der Waals surface area (Å²) in [5.74, 6) is -0.174. The lowest BCUT2D eigenvalue weighted by Crippen LogP contribution is -2.08. The fourth-order valence-electron chi connectivity index (χ4n) is 1.79. The van der Waals surface area contributed by atoms with Gasteiger partial charge in [-0.15, -0.1) is 0 Å². The summed E-state index contributed by atoms with van der Waals surface area (Å²) in [4.78, 5) is 2.06. The van der Waals surface area contributed by atoms with Crippen LogP contribution in [-0.2, 0) is 6.42 Å². The maximum atomic E-state index is 13.0. The molecule has 0 heterocycles. The highest BCUT2D eigenvalue weighted by molar-refractivity contribution is 5.46. The van der Waals surface area contributed by atoms with E-state index in [2.05, 4.69) is 29.2 Å². The molecule has 0 spiro atoms. The normalized spacial score (nSPS) is 10.3. The van der Waals surface area contributed by atoms with Crippen LogP contribution >= 0.6 is 0 Å². The van der Waals surface area contributed by atoms with Crippen LogP contribution in [0.5, 0.6) is 0 Å². The van der Waals surface area contributed by atoms with Crippen LogP contribution in [0.1, 0.15) is 11.1 Å². The molecule has 0 amide bonds. The summed E-state index contributed by atoms with van der Waals surface area (Å²) < 4.78 is 13.0. The van der Waals surface area contributed by atoms with Crippen molar-refractivity contribution in [3.05, 3.63) is 65.5 Å². The zero-order chi connectivity index (χ0) is 12.3. The Hall–Kier alpha value is -1.83. The predicted octanol–water partition coefficient (Wildman–Crippen LogP) is 3.48. The van der Waals surface area contributed by atoms with Gasteiger partial charge in [-0.1, -0.05) is 24.3 Å². The highest BCUT2D eigenvalue weighted by Crippen LogP contribution is 2.15. The summed E-state index contributed by atoms with van der Waals surface area (Å²) in [5, 5.41) is 0. The van der Waals surface area contributed by atoms with E-state index in [0.29, 0.717) is 0 Å². The smallest absolute Gasteiger partial charge is 0.123 e. The van der Waals surface area contributed by atoms with Crippen LogP contribution < -0.4 is 4.90 Å². The van der Waals surface area contributed by atoms with E-state index >= 15 is 0 Å². The Morgan fingerprint density at radius 1 is 0.941 bits per heavy atom. The van der Waals surface area contributed by atoms with Gasteiger partial charge < -0.3 is 4.90 Å². The first-order valence-electron chi connectivity index (χ1n) is 5.66. The lowest BCUT2D eigenvalue weighted by atomic mass is 10.0. The van der Waals surface area contributed by atoms with Crippen LogP contribution in [-0.4, -0.2) is 14.1 Å². The molecular weight excluding hydrogens is 213 g/mol. The summed E-state index contributed by atoms with van der Waals surface area (Å²) in [6.07, 6.45) is 0.769. The maximum absolute atomic E-state index is 13.0. The van der Waals surface area contributed by atoms with Crippen molar-refractivity contribution in [1.29, 1.82) is 0 Å². The average molecular weight is 229 g/mol. The third-order valence-electron chi connectivity index (χ3n) is 2.75. The van der Waals surface area contributed by atoms with Crippen LogP contribution in [0.25, 0.3) is 0 Å². The van der Waals surface area contributed by atoms with Crippen molar-refractivity contribution in [1.82, 2.24) is 0 Å². The van der Waals surface area contributed by atoms with Crippen molar-refractivity contribution < 1.29 is 4.39 Å². The van der Waals surface area contributed by atoms with E-state index in [4.69, 9.17) is 0 Å². The second kappa shape index (κ2) is 5.00. The minimum Gasteiger partial charge on any atom is -0.378 e. The van der Waals surface area contributed by atoms with Crippen molar-refractivity contribution in [2.75, 3.05) is 19.0 Å². The molecule has 2 heteroatoms. The van der Waals surface area contributed by atoms with Crippen LogP contribution in [0.2, 0.25) is 0 Å². The molecule has 88 valence electrons. The van der Waals surface area contributed by atoms with E-state index in [1.54, 1.807) is 12.1 Å². The second-order valence-electron chi connectivity index (χ2n) is 4.37. The van der Waals surface area contributed by atoms with Gasteiger partial charge in [0.1, 0.15) is 5.82 Å². The first kappa shape index (κ1) is 11.6. The van der Waals surface area contributed by atoms with Gasteiger partial charge in [0.15, 0.2) is 0 Å². The third kappa shape index (κ3) is 3.06. The Morgan fingerprint density at radius 3 is 2.24 bits per heavy atom. The molecule has 0 aromatic heterocycles. The van der Waals surface area contributed by atoms with Crippen molar-refractivity contribution in [2.45, 2.75) is 6.42 Å². The van der Waals surface area contributed by atoms with Gasteiger partial charge in [0.25, 0.3) is 0 Å². The molecule has 2 aromatic carbocycles. The summed E-state index contributed by atoms with van der Waals surface area (Å²) in [7, 11) is 4.03. The summed E-state index contributed by atoms with van der Waals surface area (Å²) in [5.41, 5.74) is 3.37. The average Bonchev–Trinajstić information content (AvgIpc) is 2.29. The molecule has 0 radical (unpaired) electrons. The van der Waals surface area contributed by atoms with Crippen LogP contribution in [0.15, 0.2) is 48.5 Å². The fourth-order valence-corrected chi connectivity index (χ4v) is 1.79. The molecule has 1 nitrogen and oxygen atoms in total. The van der Waals surface area contributed by atoms with E-state index in [9.17, 15) is 4.39 Å². The Kier molecular flexibility index (Phi) is 3.43. The van der Waals surface area contributed by atoms with Crippen molar-refractivity contribution in [2.24, 2.45) is 0 Å². The molecule has 2 aromatic rings. The van der Waals surface area contributed by atoms with Crippen LogP contribution in [0.3, 0.4) is 0 Å². The highest BCUT2D eigenvalue weighted by atomic mass is 19.1. The topological polar surface area (TPSA) is 3.24 Å². The summed E-state index contributed by atoms with van der Waals surface area (Å²) in [6, 6.07) is 15.1. The first-order valence-corrected chi connectivity index (χ1v) is 5.66. The zero-order valence-electron chi connectivity index (χ0n) is 10.2. The van der Waals surface area contributed by atoms with E-state index in [1.807, 2.05) is 20.2 Å². The minimum atomic E-state index is -0.174. The van der Waals surface area contributed by atoms with Gasteiger partial charge in [0.05, 0.1) is 0 Å². The molecule has 0 N–H and O–H groups in total. The van der Waals surface area contributed by atoms with E-state index in [1.165, 1.54) is 17.3 Å². The summed E-state index contributed by atoms with van der Waals surface area (Å²) >= 11 is 0. The number of anilines is 1. The van der Waals surface area contributed by atoms with Gasteiger partial charge in [-0.3, -0.25) is 0 Å². The van der Waals surface area contributed by atoms with Gasteiger partial charge in [-0.05, 0) is 41.8 Å². The molecule has 0 aliphatic heterocycles. The number of rotatable bonds is 3. The molecular formula is C15H16FN. The van der Waals surface area contributed by atoms with E-state index < -0.39 is 0 Å². The lowest BCUT2D eigenvalue weighted by molar-refractivity contribution is 0.626. The molecule has 0 aliphatic rings. The number of hydrogen-bond donors (Lipinski definition) is 0. The fraction of sp³-hybridized carbons (Fsp3) is 0.200.